The number of esters is 1. The van der Waals surface area contributed by atoms with Gasteiger partial charge in [-0.1, -0.05) is 47.0 Å². The van der Waals surface area contributed by atoms with Crippen LogP contribution in [0, 0.1) is 27.4 Å². The van der Waals surface area contributed by atoms with Gasteiger partial charge in [0.05, 0.1) is 6.61 Å². The number of aliphatic carboxylic acids is 1. The van der Waals surface area contributed by atoms with Gasteiger partial charge in [0.15, 0.2) is 0 Å². The number of rotatable bonds is 13. The van der Waals surface area contributed by atoms with E-state index in [2.05, 4.69) is 18.7 Å². The number of fused-ring (bicyclic) bond motifs is 2. The minimum absolute atomic E-state index is 0.000268. The van der Waals surface area contributed by atoms with Crippen molar-refractivity contribution in [1.82, 2.24) is 0 Å². The Hall–Kier alpha value is -3.43. The zero-order chi connectivity index (χ0) is 28.3. The van der Waals surface area contributed by atoms with Crippen molar-refractivity contribution in [1.29, 1.82) is 0 Å². The molecule has 0 aliphatic heterocycles. The Morgan fingerprint density at radius 3 is 2.47 bits per heavy atom. The van der Waals surface area contributed by atoms with Crippen molar-refractivity contribution in [2.45, 2.75) is 84.0 Å². The molecule has 2 bridgehead atoms. The van der Waals surface area contributed by atoms with Crippen LogP contribution in [0.5, 0.6) is 11.5 Å². The summed E-state index contributed by atoms with van der Waals surface area (Å²) in [4.78, 5) is 50.7. The highest BCUT2D eigenvalue weighted by Crippen LogP contribution is 2.64. The number of ketones is 1. The van der Waals surface area contributed by atoms with E-state index in [0.717, 1.165) is 43.7 Å². The fourth-order valence-corrected chi connectivity index (χ4v) is 6.04. The number of aromatic hydroxyl groups is 1. The van der Waals surface area contributed by atoms with Crippen molar-refractivity contribution in [2.24, 2.45) is 17.3 Å². The summed E-state index contributed by atoms with van der Waals surface area (Å²) in [5.74, 6) is -2.11. The molecule has 208 valence electrons. The standard InChI is InChI=1S/C28H37NO9/c1-27(2,11-7-5-6-8-12-37-29(35)36)17-13-22(31)26(23(14-17)38-25(34)10-9-24(32)33)18-15-21(30)20-16-19(18)28(20,3)4/h9-10,13-14,18-20,31H,5-8,11-12,15-16H2,1-4H3,(H,32,33)/b10-9-/t18-,19-,20+/m1/s1. The topological polar surface area (TPSA) is 153 Å². The molecule has 3 aliphatic rings. The van der Waals surface area contributed by atoms with Crippen LogP contribution < -0.4 is 4.74 Å². The summed E-state index contributed by atoms with van der Waals surface area (Å²) >= 11 is 0. The number of carboxylic acids is 1. The Morgan fingerprint density at radius 1 is 1.18 bits per heavy atom. The van der Waals surface area contributed by atoms with Gasteiger partial charge in [0.2, 0.25) is 0 Å². The lowest BCUT2D eigenvalue weighted by Gasteiger charge is -2.59. The van der Waals surface area contributed by atoms with E-state index in [1.54, 1.807) is 12.1 Å². The minimum Gasteiger partial charge on any atom is -0.508 e. The highest BCUT2D eigenvalue weighted by Gasteiger charge is 2.59. The number of nitrogens with zero attached hydrogens (tertiary/aromatic N) is 1. The minimum atomic E-state index is -1.29. The Morgan fingerprint density at radius 2 is 1.87 bits per heavy atom. The maximum atomic E-state index is 12.8. The maximum Gasteiger partial charge on any atom is 0.336 e. The van der Waals surface area contributed by atoms with Gasteiger partial charge in [0, 0.05) is 36.0 Å². The van der Waals surface area contributed by atoms with Crippen molar-refractivity contribution in [3.05, 3.63) is 45.5 Å². The molecule has 3 atom stereocenters. The average molecular weight is 532 g/mol. The molecule has 3 saturated carbocycles. The normalized spacial score (nSPS) is 22.1. The van der Waals surface area contributed by atoms with E-state index in [4.69, 9.17) is 9.84 Å². The zero-order valence-corrected chi connectivity index (χ0v) is 22.4. The summed E-state index contributed by atoms with van der Waals surface area (Å²) in [5.41, 5.74) is 0.527. The summed E-state index contributed by atoms with van der Waals surface area (Å²) in [5, 5.41) is 29.6. The van der Waals surface area contributed by atoms with Gasteiger partial charge < -0.3 is 19.8 Å². The first-order valence-electron chi connectivity index (χ1n) is 13.0. The van der Waals surface area contributed by atoms with Crippen LogP contribution in [-0.4, -0.2) is 39.6 Å². The molecular formula is C28H37NO9. The fraction of sp³-hybridized carbons (Fsp3) is 0.607. The molecule has 0 radical (unpaired) electrons. The molecule has 10 nitrogen and oxygen atoms in total. The van der Waals surface area contributed by atoms with Crippen LogP contribution in [0.4, 0.5) is 0 Å². The fourth-order valence-electron chi connectivity index (χ4n) is 6.04. The zero-order valence-electron chi connectivity index (χ0n) is 22.4. The van der Waals surface area contributed by atoms with Crippen LogP contribution >= 0.6 is 0 Å². The first-order valence-corrected chi connectivity index (χ1v) is 13.0. The number of hydrogen-bond donors (Lipinski definition) is 2. The van der Waals surface area contributed by atoms with Gasteiger partial charge in [-0.15, -0.1) is 10.1 Å². The van der Waals surface area contributed by atoms with E-state index in [-0.39, 0.29) is 53.5 Å². The Bertz CT molecular complexity index is 1120. The molecule has 0 heterocycles. The van der Waals surface area contributed by atoms with Crippen molar-refractivity contribution in [3.8, 4) is 11.5 Å². The lowest BCUT2D eigenvalue weighted by molar-refractivity contribution is -0.757. The van der Waals surface area contributed by atoms with E-state index >= 15 is 0 Å². The van der Waals surface area contributed by atoms with Gasteiger partial charge in [-0.05, 0) is 53.7 Å². The highest BCUT2D eigenvalue weighted by molar-refractivity contribution is 5.92. The van der Waals surface area contributed by atoms with Gasteiger partial charge in [0.1, 0.15) is 17.3 Å². The molecule has 38 heavy (non-hydrogen) atoms. The highest BCUT2D eigenvalue weighted by atomic mass is 16.9. The van der Waals surface area contributed by atoms with Gasteiger partial charge in [-0.2, -0.15) is 0 Å². The van der Waals surface area contributed by atoms with Crippen LogP contribution in [0.15, 0.2) is 24.3 Å². The number of ether oxygens (including phenoxy) is 1. The number of phenols is 1. The second-order valence-electron chi connectivity index (χ2n) is 11.6. The molecule has 3 fully saturated rings. The number of phenolic OH excluding ortho intramolecular Hbond substituents is 1. The number of carbonyl (C=O) groups is 3. The summed E-state index contributed by atoms with van der Waals surface area (Å²) < 4.78 is 5.59. The summed E-state index contributed by atoms with van der Waals surface area (Å²) in [6.45, 7) is 8.19. The summed E-state index contributed by atoms with van der Waals surface area (Å²) in [6, 6.07) is 3.39. The molecule has 0 aromatic heterocycles. The molecule has 4 rings (SSSR count). The van der Waals surface area contributed by atoms with Crippen LogP contribution in [0.3, 0.4) is 0 Å². The van der Waals surface area contributed by atoms with Crippen molar-refractivity contribution < 1.29 is 39.3 Å². The summed E-state index contributed by atoms with van der Waals surface area (Å²) in [6.07, 6.45) is 6.27. The first-order chi connectivity index (χ1) is 17.7. The molecule has 0 amide bonds. The average Bonchev–Trinajstić information content (AvgIpc) is 2.80. The van der Waals surface area contributed by atoms with E-state index in [1.807, 2.05) is 13.8 Å². The molecule has 0 unspecified atom stereocenters. The third-order valence-electron chi connectivity index (χ3n) is 8.38. The van der Waals surface area contributed by atoms with Gasteiger partial charge in [-0.25, -0.2) is 9.59 Å². The predicted molar refractivity (Wildman–Crippen MR) is 137 cm³/mol. The van der Waals surface area contributed by atoms with E-state index in [0.29, 0.717) is 18.1 Å². The molecule has 1 aromatic rings. The van der Waals surface area contributed by atoms with Gasteiger partial charge in [0.25, 0.3) is 5.09 Å². The van der Waals surface area contributed by atoms with Crippen LogP contribution in [-0.2, 0) is 24.6 Å². The molecule has 2 N–H and O–H groups in total. The molecule has 0 saturated heterocycles. The number of unbranched alkanes of at least 4 members (excludes halogenated alkanes) is 3. The van der Waals surface area contributed by atoms with Crippen LogP contribution in [0.1, 0.15) is 89.7 Å². The molecule has 10 heteroatoms. The summed E-state index contributed by atoms with van der Waals surface area (Å²) in [7, 11) is 0. The second-order valence-corrected chi connectivity index (χ2v) is 11.6. The smallest absolute Gasteiger partial charge is 0.336 e. The number of benzene rings is 1. The molecule has 1 aromatic carbocycles. The number of carboxylic acid groups (broad SMARTS) is 1. The van der Waals surface area contributed by atoms with E-state index < -0.39 is 22.4 Å². The van der Waals surface area contributed by atoms with Gasteiger partial charge >= 0.3 is 11.9 Å². The van der Waals surface area contributed by atoms with Crippen LogP contribution in [0.25, 0.3) is 0 Å². The number of Topliss-reactive ketones (excluding diaryl/α,β-unsaturated/α-hetero) is 1. The lowest BCUT2D eigenvalue weighted by atomic mass is 9.44. The molecule has 0 spiro atoms. The van der Waals surface area contributed by atoms with E-state index in [9.17, 15) is 29.6 Å². The molecular weight excluding hydrogens is 494 g/mol. The third kappa shape index (κ3) is 6.52. The third-order valence-corrected chi connectivity index (χ3v) is 8.38. The van der Waals surface area contributed by atoms with E-state index in [1.165, 1.54) is 0 Å². The lowest BCUT2D eigenvalue weighted by Crippen LogP contribution is -2.56. The van der Waals surface area contributed by atoms with Crippen molar-refractivity contribution in [3.63, 3.8) is 0 Å². The van der Waals surface area contributed by atoms with Crippen molar-refractivity contribution >= 4 is 17.7 Å². The Labute approximate surface area is 222 Å². The Balaban J connectivity index is 1.84. The monoisotopic (exact) mass is 531 g/mol. The molecule has 3 aliphatic carbocycles. The SMILES string of the molecule is CC(C)(CCCCCCO[N+](=O)[O-])c1cc(O)c([C@@H]2CC(=O)[C@@H]3C[C@H]2C3(C)C)c(OC(=O)/C=C\C(=O)O)c1. The number of hydrogen-bond acceptors (Lipinski definition) is 8. The largest absolute Gasteiger partial charge is 0.508 e. The van der Waals surface area contributed by atoms with Gasteiger partial charge in [-0.3, -0.25) is 4.79 Å². The van der Waals surface area contributed by atoms with Crippen molar-refractivity contribution in [2.75, 3.05) is 6.61 Å². The number of carbonyl (C=O) groups excluding carboxylic acids is 2. The Kier molecular flexibility index (Phi) is 8.84. The predicted octanol–water partition coefficient (Wildman–Crippen LogP) is 5.09. The quantitative estimate of drug-likeness (QED) is 0.0884. The maximum absolute atomic E-state index is 12.8. The van der Waals surface area contributed by atoms with Crippen LogP contribution in [0.2, 0.25) is 0 Å². The first kappa shape index (κ1) is 29.1. The second kappa shape index (κ2) is 11.5.